The van der Waals surface area contributed by atoms with Crippen molar-refractivity contribution in [1.82, 2.24) is 10.2 Å². The lowest BCUT2D eigenvalue weighted by molar-refractivity contribution is -0.136. The molecule has 0 radical (unpaired) electrons. The predicted molar refractivity (Wildman–Crippen MR) is 140 cm³/mol. The Balaban J connectivity index is 0.00000400. The summed E-state index contributed by atoms with van der Waals surface area (Å²) in [5.74, 6) is -2.61. The van der Waals surface area contributed by atoms with E-state index in [9.17, 15) is 24.0 Å². The highest BCUT2D eigenvalue weighted by Gasteiger charge is 2.36. The number of imide groups is 1. The third-order valence-corrected chi connectivity index (χ3v) is 6.82. The van der Waals surface area contributed by atoms with Gasteiger partial charge in [-0.05, 0) is 36.4 Å². The van der Waals surface area contributed by atoms with Crippen molar-refractivity contribution in [2.45, 2.75) is 6.10 Å². The molecule has 4 amide bonds. The molecular formula is C23H24Cl2N4O8S. The Bertz CT molecular complexity index is 1210. The van der Waals surface area contributed by atoms with Crippen LogP contribution in [0.1, 0.15) is 9.67 Å². The first kappa shape index (κ1) is 29.3. The Morgan fingerprint density at radius 3 is 2.37 bits per heavy atom. The smallest absolute Gasteiger partial charge is 0.414 e. The number of carboxylic acid groups (broad SMARTS) is 1. The van der Waals surface area contributed by atoms with E-state index in [-0.39, 0.29) is 42.9 Å². The molecule has 0 saturated carbocycles. The number of cyclic esters (lactones) is 1. The summed E-state index contributed by atoms with van der Waals surface area (Å²) in [6, 6.07) is 9.79. The molecule has 4 rings (SSSR count). The fourth-order valence-corrected chi connectivity index (χ4v) is 4.86. The monoisotopic (exact) mass is 586 g/mol. The van der Waals surface area contributed by atoms with Gasteiger partial charge in [0.25, 0.3) is 11.8 Å². The van der Waals surface area contributed by atoms with Crippen LogP contribution >= 0.6 is 35.3 Å². The van der Waals surface area contributed by atoms with E-state index in [0.717, 1.165) is 16.2 Å². The van der Waals surface area contributed by atoms with Gasteiger partial charge in [0.2, 0.25) is 5.91 Å². The molecule has 2 saturated heterocycles. The zero-order chi connectivity index (χ0) is 26.5. The first-order valence-electron chi connectivity index (χ1n) is 11.2. The van der Waals surface area contributed by atoms with Crippen LogP contribution in [-0.4, -0.2) is 91.8 Å². The molecule has 1 aromatic heterocycles. The number of thiophene rings is 1. The molecule has 1 atom stereocenters. The maximum Gasteiger partial charge on any atom is 0.414 e. The van der Waals surface area contributed by atoms with Gasteiger partial charge in [-0.3, -0.25) is 34.3 Å². The molecule has 12 nitrogen and oxygen atoms in total. The van der Waals surface area contributed by atoms with Crippen molar-refractivity contribution in [3.8, 4) is 0 Å². The van der Waals surface area contributed by atoms with Crippen LogP contribution in [0.2, 0.25) is 4.34 Å². The first-order valence-corrected chi connectivity index (χ1v) is 12.4. The lowest BCUT2D eigenvalue weighted by Gasteiger charge is -2.27. The minimum absolute atomic E-state index is 0. The normalized spacial score (nSPS) is 17.1. The summed E-state index contributed by atoms with van der Waals surface area (Å²) in [7, 11) is 0. The number of hydrogen-bond acceptors (Lipinski definition) is 9. The number of hydrogen-bond donors (Lipinski definition) is 2. The Labute approximate surface area is 232 Å². The van der Waals surface area contributed by atoms with E-state index in [0.29, 0.717) is 28.9 Å². The fourth-order valence-electron chi connectivity index (χ4n) is 3.87. The van der Waals surface area contributed by atoms with Crippen molar-refractivity contribution in [2.24, 2.45) is 0 Å². The number of nitrogens with zero attached hydrogens (tertiary/aromatic N) is 3. The highest BCUT2D eigenvalue weighted by atomic mass is 35.5. The van der Waals surface area contributed by atoms with Gasteiger partial charge in [-0.25, -0.2) is 4.79 Å². The number of ether oxygens (including phenoxy) is 2. The number of carbonyl (C=O) groups excluding carboxylic acids is 4. The number of carbonyl (C=O) groups is 5. The molecule has 0 unspecified atom stereocenters. The molecule has 0 bridgehead atoms. The maximum atomic E-state index is 13.0. The Morgan fingerprint density at radius 1 is 1.08 bits per heavy atom. The number of amides is 4. The van der Waals surface area contributed by atoms with Crippen molar-refractivity contribution >= 4 is 76.5 Å². The number of morpholine rings is 1. The summed E-state index contributed by atoms with van der Waals surface area (Å²) in [5.41, 5.74) is 1.20. The number of carboxylic acids is 1. The van der Waals surface area contributed by atoms with Crippen LogP contribution in [0, 0.1) is 0 Å². The molecule has 2 N–H and O–H groups in total. The number of halogens is 2. The first-order chi connectivity index (χ1) is 17.7. The SMILES string of the molecule is Cl.O=C(O)CNCC(=O)N(C[C@H]1CN(c2ccc(N3CCOCC3=O)cc2)C(=O)O1)C(=O)c1ccc(Cl)s1. The standard InChI is InChI=1S/C23H23ClN4O8S.ClH/c24-18-6-5-17(37-18)22(33)28(19(29)9-25-10-21(31)32)12-16-11-27(23(34)36-16)15-3-1-14(2-4-15)26-7-8-35-13-20(26)30;/h1-6,16,25H,7-13H2,(H,31,32);1H/t16-;/m1./s1. The molecule has 2 fully saturated rings. The molecule has 3 heterocycles. The summed E-state index contributed by atoms with van der Waals surface area (Å²) in [6.07, 6.45) is -1.47. The minimum Gasteiger partial charge on any atom is -0.480 e. The molecule has 0 spiro atoms. The van der Waals surface area contributed by atoms with E-state index in [1.54, 1.807) is 29.2 Å². The summed E-state index contributed by atoms with van der Waals surface area (Å²) in [6.45, 7) is -0.144. The van der Waals surface area contributed by atoms with Crippen molar-refractivity contribution < 1.29 is 38.6 Å². The molecule has 2 aliphatic heterocycles. The number of aliphatic carboxylic acids is 1. The summed E-state index contributed by atoms with van der Waals surface area (Å²) >= 11 is 6.93. The fraction of sp³-hybridized carbons (Fsp3) is 0.348. The van der Waals surface area contributed by atoms with Crippen LogP contribution < -0.4 is 15.1 Å². The Hall–Kier alpha value is -3.23. The van der Waals surface area contributed by atoms with Crippen LogP contribution in [-0.2, 0) is 23.9 Å². The molecule has 204 valence electrons. The number of rotatable bonds is 9. The zero-order valence-corrected chi connectivity index (χ0v) is 22.2. The average molecular weight is 587 g/mol. The summed E-state index contributed by atoms with van der Waals surface area (Å²) in [4.78, 5) is 65.4. The number of benzene rings is 1. The lowest BCUT2D eigenvalue weighted by atomic mass is 10.2. The van der Waals surface area contributed by atoms with E-state index in [1.807, 2.05) is 0 Å². The average Bonchev–Trinajstić information content (AvgIpc) is 3.47. The predicted octanol–water partition coefficient (Wildman–Crippen LogP) is 1.85. The van der Waals surface area contributed by atoms with Crippen molar-refractivity contribution in [3.63, 3.8) is 0 Å². The van der Waals surface area contributed by atoms with Gasteiger partial charge in [-0.2, -0.15) is 0 Å². The second-order valence-corrected chi connectivity index (χ2v) is 9.86. The van der Waals surface area contributed by atoms with Gasteiger partial charge >= 0.3 is 12.1 Å². The van der Waals surface area contributed by atoms with Crippen LogP contribution in [0.15, 0.2) is 36.4 Å². The molecule has 0 aliphatic carbocycles. The van der Waals surface area contributed by atoms with Crippen LogP contribution in [0.25, 0.3) is 0 Å². The van der Waals surface area contributed by atoms with E-state index in [4.69, 9.17) is 26.2 Å². The lowest BCUT2D eigenvalue weighted by Crippen LogP contribution is -2.47. The quantitative estimate of drug-likeness (QED) is 0.449. The summed E-state index contributed by atoms with van der Waals surface area (Å²) in [5, 5.41) is 11.3. The molecule has 38 heavy (non-hydrogen) atoms. The molecule has 2 aliphatic rings. The molecular weight excluding hydrogens is 563 g/mol. The highest BCUT2D eigenvalue weighted by Crippen LogP contribution is 2.27. The Kier molecular flexibility index (Phi) is 10.1. The van der Waals surface area contributed by atoms with Crippen LogP contribution in [0.3, 0.4) is 0 Å². The maximum absolute atomic E-state index is 13.0. The number of anilines is 2. The van der Waals surface area contributed by atoms with Crippen LogP contribution in [0.5, 0.6) is 0 Å². The van der Waals surface area contributed by atoms with E-state index < -0.39 is 43.1 Å². The van der Waals surface area contributed by atoms with Crippen molar-refractivity contribution in [2.75, 3.05) is 55.7 Å². The van der Waals surface area contributed by atoms with E-state index in [1.165, 1.54) is 17.0 Å². The van der Waals surface area contributed by atoms with Gasteiger partial charge in [0, 0.05) is 17.9 Å². The Morgan fingerprint density at radius 2 is 1.76 bits per heavy atom. The minimum atomic E-state index is -1.15. The zero-order valence-electron chi connectivity index (χ0n) is 19.8. The van der Waals surface area contributed by atoms with Gasteiger partial charge in [-0.15, -0.1) is 23.7 Å². The van der Waals surface area contributed by atoms with Crippen molar-refractivity contribution in [1.29, 1.82) is 0 Å². The van der Waals surface area contributed by atoms with Gasteiger partial charge in [0.1, 0.15) is 12.7 Å². The largest absolute Gasteiger partial charge is 0.480 e. The second kappa shape index (κ2) is 13.0. The highest BCUT2D eigenvalue weighted by molar-refractivity contribution is 7.18. The molecule has 2 aromatic rings. The van der Waals surface area contributed by atoms with Gasteiger partial charge < -0.3 is 19.5 Å². The van der Waals surface area contributed by atoms with E-state index >= 15 is 0 Å². The third-order valence-electron chi connectivity index (χ3n) is 5.60. The third kappa shape index (κ3) is 6.99. The molecule has 15 heteroatoms. The topological polar surface area (TPSA) is 146 Å². The van der Waals surface area contributed by atoms with Crippen molar-refractivity contribution in [3.05, 3.63) is 45.6 Å². The van der Waals surface area contributed by atoms with Gasteiger partial charge in [0.05, 0.1) is 42.0 Å². The van der Waals surface area contributed by atoms with Crippen LogP contribution in [0.4, 0.5) is 16.2 Å². The second-order valence-electron chi connectivity index (χ2n) is 8.14. The molecule has 1 aromatic carbocycles. The summed E-state index contributed by atoms with van der Waals surface area (Å²) < 4.78 is 10.9. The van der Waals surface area contributed by atoms with Gasteiger partial charge in [0.15, 0.2) is 0 Å². The van der Waals surface area contributed by atoms with Gasteiger partial charge in [-0.1, -0.05) is 11.6 Å². The number of nitrogens with one attached hydrogen (secondary N) is 1. The van der Waals surface area contributed by atoms with E-state index in [2.05, 4.69) is 5.32 Å².